The average molecular weight is 270 g/mol. The van der Waals surface area contributed by atoms with Gasteiger partial charge in [-0.1, -0.05) is 6.07 Å². The standard InChI is InChI=1S/C13H14N6O/c20-12(11-5-8-16-19-11)18-13-15-7-4-10(17-13)9-3-1-2-6-14-9/h1-4,6-7,11,16,19H,5,8H2,(H,15,17,18,20). The van der Waals surface area contributed by atoms with Crippen LogP contribution in [0.3, 0.4) is 0 Å². The van der Waals surface area contributed by atoms with Gasteiger partial charge in [0.15, 0.2) is 0 Å². The molecule has 0 bridgehead atoms. The molecule has 2 aromatic heterocycles. The van der Waals surface area contributed by atoms with E-state index in [0.717, 1.165) is 18.7 Å². The Hall–Kier alpha value is -2.38. The largest absolute Gasteiger partial charge is 0.293 e. The number of anilines is 1. The van der Waals surface area contributed by atoms with Gasteiger partial charge in [-0.15, -0.1) is 0 Å². The lowest BCUT2D eigenvalue weighted by molar-refractivity contribution is -0.117. The first-order valence-corrected chi connectivity index (χ1v) is 6.36. The molecule has 0 radical (unpaired) electrons. The van der Waals surface area contributed by atoms with Gasteiger partial charge >= 0.3 is 0 Å². The van der Waals surface area contributed by atoms with E-state index in [4.69, 9.17) is 0 Å². The first-order valence-electron chi connectivity index (χ1n) is 6.36. The zero-order valence-electron chi connectivity index (χ0n) is 10.7. The Morgan fingerprint density at radius 3 is 2.90 bits per heavy atom. The van der Waals surface area contributed by atoms with Crippen LogP contribution in [-0.4, -0.2) is 33.4 Å². The molecule has 1 saturated heterocycles. The highest BCUT2D eigenvalue weighted by atomic mass is 16.2. The first kappa shape index (κ1) is 12.6. The van der Waals surface area contributed by atoms with Crippen LogP contribution in [0.25, 0.3) is 11.4 Å². The van der Waals surface area contributed by atoms with Gasteiger partial charge < -0.3 is 0 Å². The fourth-order valence-corrected chi connectivity index (χ4v) is 1.95. The van der Waals surface area contributed by atoms with Crippen molar-refractivity contribution in [2.24, 2.45) is 0 Å². The SMILES string of the molecule is O=C(Nc1nccc(-c2ccccn2)n1)C1CCNN1. The van der Waals surface area contributed by atoms with E-state index in [1.165, 1.54) is 0 Å². The molecule has 2 aromatic rings. The van der Waals surface area contributed by atoms with Crippen LogP contribution < -0.4 is 16.2 Å². The summed E-state index contributed by atoms with van der Waals surface area (Å²) in [6.45, 7) is 0.771. The molecule has 3 rings (SSSR count). The number of aromatic nitrogens is 3. The van der Waals surface area contributed by atoms with Crippen molar-refractivity contribution < 1.29 is 4.79 Å². The predicted molar refractivity (Wildman–Crippen MR) is 73.4 cm³/mol. The lowest BCUT2D eigenvalue weighted by Crippen LogP contribution is -2.39. The van der Waals surface area contributed by atoms with Crippen LogP contribution in [-0.2, 0) is 4.79 Å². The van der Waals surface area contributed by atoms with Gasteiger partial charge in [0.25, 0.3) is 0 Å². The quantitative estimate of drug-likeness (QED) is 0.745. The maximum atomic E-state index is 12.0. The number of nitrogens with zero attached hydrogens (tertiary/aromatic N) is 3. The van der Waals surface area contributed by atoms with Crippen molar-refractivity contribution in [1.29, 1.82) is 0 Å². The third-order valence-corrected chi connectivity index (χ3v) is 2.97. The predicted octanol–water partition coefficient (Wildman–Crippen LogP) is 0.344. The second-order valence-corrected chi connectivity index (χ2v) is 4.38. The molecular formula is C13H14N6O. The van der Waals surface area contributed by atoms with Gasteiger partial charge in [-0.05, 0) is 24.6 Å². The zero-order valence-corrected chi connectivity index (χ0v) is 10.7. The van der Waals surface area contributed by atoms with Crippen molar-refractivity contribution in [3.8, 4) is 11.4 Å². The molecule has 7 heteroatoms. The van der Waals surface area contributed by atoms with Gasteiger partial charge in [0, 0.05) is 18.9 Å². The number of carbonyl (C=O) groups excluding carboxylic acids is 1. The minimum absolute atomic E-state index is 0.145. The summed E-state index contributed by atoms with van der Waals surface area (Å²) in [5, 5.41) is 2.70. The molecule has 1 atom stereocenters. The summed E-state index contributed by atoms with van der Waals surface area (Å²) in [4.78, 5) is 24.5. The van der Waals surface area contributed by atoms with E-state index in [0.29, 0.717) is 5.69 Å². The van der Waals surface area contributed by atoms with Gasteiger partial charge in [-0.2, -0.15) is 0 Å². The molecular weight excluding hydrogens is 256 g/mol. The van der Waals surface area contributed by atoms with E-state index in [1.807, 2.05) is 18.2 Å². The Morgan fingerprint density at radius 2 is 2.15 bits per heavy atom. The summed E-state index contributed by atoms with van der Waals surface area (Å²) in [6.07, 6.45) is 4.04. The number of hydrogen-bond donors (Lipinski definition) is 3. The number of rotatable bonds is 3. The van der Waals surface area contributed by atoms with Crippen LogP contribution >= 0.6 is 0 Å². The lowest BCUT2D eigenvalue weighted by atomic mass is 10.2. The molecule has 3 N–H and O–H groups in total. The molecule has 0 spiro atoms. The minimum atomic E-state index is -0.253. The maximum absolute atomic E-state index is 12.0. The third-order valence-electron chi connectivity index (χ3n) is 2.97. The minimum Gasteiger partial charge on any atom is -0.293 e. The van der Waals surface area contributed by atoms with Crippen molar-refractivity contribution in [2.75, 3.05) is 11.9 Å². The molecule has 1 fully saturated rings. The fourth-order valence-electron chi connectivity index (χ4n) is 1.95. The normalized spacial score (nSPS) is 17.9. The monoisotopic (exact) mass is 270 g/mol. The Morgan fingerprint density at radius 1 is 1.20 bits per heavy atom. The van der Waals surface area contributed by atoms with Crippen LogP contribution in [0.4, 0.5) is 5.95 Å². The summed E-state index contributed by atoms with van der Waals surface area (Å²) >= 11 is 0. The maximum Gasteiger partial charge on any atom is 0.245 e. The van der Waals surface area contributed by atoms with Crippen molar-refractivity contribution in [3.05, 3.63) is 36.7 Å². The lowest BCUT2D eigenvalue weighted by Gasteiger charge is -2.09. The number of nitrogens with one attached hydrogen (secondary N) is 3. The van der Waals surface area contributed by atoms with Crippen LogP contribution in [0.5, 0.6) is 0 Å². The summed E-state index contributed by atoms with van der Waals surface area (Å²) in [7, 11) is 0. The molecule has 102 valence electrons. The topological polar surface area (TPSA) is 91.8 Å². The molecule has 20 heavy (non-hydrogen) atoms. The first-order chi connectivity index (χ1) is 9.83. The van der Waals surface area contributed by atoms with Crippen molar-refractivity contribution in [1.82, 2.24) is 25.8 Å². The van der Waals surface area contributed by atoms with Gasteiger partial charge in [-0.25, -0.2) is 15.4 Å². The van der Waals surface area contributed by atoms with Gasteiger partial charge in [0.05, 0.1) is 11.4 Å². The molecule has 1 unspecified atom stereocenters. The molecule has 0 aliphatic carbocycles. The highest BCUT2D eigenvalue weighted by molar-refractivity contribution is 5.93. The number of hydrazine groups is 1. The Kier molecular flexibility index (Phi) is 3.62. The van der Waals surface area contributed by atoms with Crippen molar-refractivity contribution in [2.45, 2.75) is 12.5 Å². The van der Waals surface area contributed by atoms with E-state index in [-0.39, 0.29) is 17.9 Å². The average Bonchev–Trinajstić information content (AvgIpc) is 3.03. The third kappa shape index (κ3) is 2.79. The van der Waals surface area contributed by atoms with Gasteiger partial charge in [0.1, 0.15) is 6.04 Å². The second kappa shape index (κ2) is 5.72. The Labute approximate surface area is 115 Å². The van der Waals surface area contributed by atoms with Crippen LogP contribution in [0.1, 0.15) is 6.42 Å². The van der Waals surface area contributed by atoms with E-state index in [1.54, 1.807) is 18.5 Å². The Balaban J connectivity index is 1.76. The molecule has 0 aromatic carbocycles. The highest BCUT2D eigenvalue weighted by Gasteiger charge is 2.22. The molecule has 1 amide bonds. The number of pyridine rings is 1. The smallest absolute Gasteiger partial charge is 0.245 e. The number of amides is 1. The van der Waals surface area contributed by atoms with Crippen molar-refractivity contribution >= 4 is 11.9 Å². The fraction of sp³-hybridized carbons (Fsp3) is 0.231. The summed E-state index contributed by atoms with van der Waals surface area (Å²) in [5.74, 6) is 0.139. The zero-order chi connectivity index (χ0) is 13.8. The summed E-state index contributed by atoms with van der Waals surface area (Å²) < 4.78 is 0. The van der Waals surface area contributed by atoms with E-state index in [9.17, 15) is 4.79 Å². The van der Waals surface area contributed by atoms with E-state index >= 15 is 0 Å². The molecule has 7 nitrogen and oxygen atoms in total. The van der Waals surface area contributed by atoms with Gasteiger partial charge in [-0.3, -0.25) is 20.5 Å². The second-order valence-electron chi connectivity index (χ2n) is 4.38. The van der Waals surface area contributed by atoms with Crippen LogP contribution in [0, 0.1) is 0 Å². The van der Waals surface area contributed by atoms with Crippen molar-refractivity contribution in [3.63, 3.8) is 0 Å². The molecule has 1 aliphatic heterocycles. The number of hydrogen-bond acceptors (Lipinski definition) is 6. The van der Waals surface area contributed by atoms with Crippen LogP contribution in [0.2, 0.25) is 0 Å². The molecule has 1 aliphatic rings. The van der Waals surface area contributed by atoms with E-state index < -0.39 is 0 Å². The molecule has 0 saturated carbocycles. The summed E-state index contributed by atoms with van der Waals surface area (Å²) in [6, 6.07) is 7.09. The Bertz CT molecular complexity index is 597. The number of carbonyl (C=O) groups is 1. The van der Waals surface area contributed by atoms with Gasteiger partial charge in [0.2, 0.25) is 11.9 Å². The van der Waals surface area contributed by atoms with Crippen LogP contribution in [0.15, 0.2) is 36.7 Å². The summed E-state index contributed by atoms with van der Waals surface area (Å²) in [5.41, 5.74) is 7.22. The highest BCUT2D eigenvalue weighted by Crippen LogP contribution is 2.14. The molecule has 3 heterocycles. The van der Waals surface area contributed by atoms with E-state index in [2.05, 4.69) is 31.1 Å².